The lowest BCUT2D eigenvalue weighted by atomic mass is 10.1. The molecule has 0 bridgehead atoms. The maximum absolute atomic E-state index is 12.6. The molecule has 0 aliphatic rings. The van der Waals surface area contributed by atoms with Gasteiger partial charge in [0, 0.05) is 5.54 Å². The molecule has 0 unspecified atom stereocenters. The molecule has 1 aromatic carbocycles. The Hall–Kier alpha value is -1.09. The average Bonchev–Trinajstić information content (AvgIpc) is 2.29. The van der Waals surface area contributed by atoms with Crippen molar-refractivity contribution in [3.05, 3.63) is 30.1 Å². The van der Waals surface area contributed by atoms with E-state index in [1.165, 1.54) is 12.1 Å². The normalized spacial score (nSPS) is 11.6. The van der Waals surface area contributed by atoms with Gasteiger partial charge in [0.25, 0.3) is 0 Å². The Balaban J connectivity index is 2.00. The van der Waals surface area contributed by atoms with Gasteiger partial charge in [-0.3, -0.25) is 0 Å². The van der Waals surface area contributed by atoms with Crippen molar-refractivity contribution in [1.29, 1.82) is 0 Å². The zero-order valence-corrected chi connectivity index (χ0v) is 11.6. The molecule has 102 valence electrons. The molecule has 18 heavy (non-hydrogen) atoms. The van der Waals surface area contributed by atoms with Crippen molar-refractivity contribution in [2.24, 2.45) is 0 Å². The van der Waals surface area contributed by atoms with Gasteiger partial charge in [0.15, 0.2) is 0 Å². The Morgan fingerprint density at radius 2 is 1.72 bits per heavy atom. The van der Waals surface area contributed by atoms with Crippen LogP contribution in [0.5, 0.6) is 5.75 Å². The van der Waals surface area contributed by atoms with Crippen molar-refractivity contribution in [3.63, 3.8) is 0 Å². The van der Waals surface area contributed by atoms with Gasteiger partial charge < -0.3 is 10.1 Å². The number of ether oxygens (including phenoxy) is 1. The molecule has 1 rings (SSSR count). The van der Waals surface area contributed by atoms with Crippen LogP contribution in [0.2, 0.25) is 0 Å². The fourth-order valence-electron chi connectivity index (χ4n) is 1.59. The second-order valence-electron chi connectivity index (χ2n) is 5.54. The van der Waals surface area contributed by atoms with Crippen LogP contribution >= 0.6 is 0 Å². The van der Waals surface area contributed by atoms with Crippen LogP contribution in [0, 0.1) is 5.82 Å². The fourth-order valence-corrected chi connectivity index (χ4v) is 1.59. The Bertz CT molecular complexity index is 329. The van der Waals surface area contributed by atoms with E-state index in [0.717, 1.165) is 31.6 Å². The largest absolute Gasteiger partial charge is 0.494 e. The van der Waals surface area contributed by atoms with E-state index >= 15 is 0 Å². The maximum Gasteiger partial charge on any atom is 0.123 e. The Morgan fingerprint density at radius 3 is 2.33 bits per heavy atom. The summed E-state index contributed by atoms with van der Waals surface area (Å²) in [7, 11) is 0. The second-order valence-corrected chi connectivity index (χ2v) is 5.54. The minimum Gasteiger partial charge on any atom is -0.494 e. The van der Waals surface area contributed by atoms with E-state index in [2.05, 4.69) is 26.1 Å². The third-order valence-electron chi connectivity index (χ3n) is 2.56. The second kappa shape index (κ2) is 7.37. The van der Waals surface area contributed by atoms with Gasteiger partial charge in [0.1, 0.15) is 11.6 Å². The van der Waals surface area contributed by atoms with Gasteiger partial charge in [-0.15, -0.1) is 0 Å². The molecule has 0 amide bonds. The number of rotatable bonds is 7. The molecule has 0 saturated carbocycles. The van der Waals surface area contributed by atoms with Crippen LogP contribution in [-0.2, 0) is 0 Å². The fraction of sp³-hybridized carbons (Fsp3) is 0.600. The van der Waals surface area contributed by atoms with Gasteiger partial charge in [-0.05, 0) is 70.8 Å². The highest BCUT2D eigenvalue weighted by Gasteiger charge is 2.06. The van der Waals surface area contributed by atoms with Crippen LogP contribution in [0.4, 0.5) is 4.39 Å². The minimum atomic E-state index is -0.226. The first-order chi connectivity index (χ1) is 8.47. The SMILES string of the molecule is CC(C)(C)NCCCCCOc1ccc(F)cc1. The molecule has 2 nitrogen and oxygen atoms in total. The monoisotopic (exact) mass is 253 g/mol. The summed E-state index contributed by atoms with van der Waals surface area (Å²) in [5.41, 5.74) is 0.199. The number of nitrogens with one attached hydrogen (secondary N) is 1. The summed E-state index contributed by atoms with van der Waals surface area (Å²) in [6.45, 7) is 8.25. The first kappa shape index (κ1) is 15.0. The van der Waals surface area contributed by atoms with Crippen LogP contribution in [-0.4, -0.2) is 18.7 Å². The number of halogens is 1. The van der Waals surface area contributed by atoms with Gasteiger partial charge in [-0.1, -0.05) is 0 Å². The molecule has 0 atom stereocenters. The predicted octanol–water partition coefficient (Wildman–Crippen LogP) is 3.76. The summed E-state index contributed by atoms with van der Waals surface area (Å²) >= 11 is 0. The van der Waals surface area contributed by atoms with Crippen molar-refractivity contribution in [1.82, 2.24) is 5.32 Å². The molecule has 0 aromatic heterocycles. The summed E-state index contributed by atoms with van der Waals surface area (Å²) in [5.74, 6) is 0.514. The third-order valence-corrected chi connectivity index (χ3v) is 2.56. The van der Waals surface area contributed by atoms with Crippen molar-refractivity contribution in [2.75, 3.05) is 13.2 Å². The number of benzene rings is 1. The molecule has 1 aromatic rings. The molecular weight excluding hydrogens is 229 g/mol. The Morgan fingerprint density at radius 1 is 1.06 bits per heavy atom. The van der Waals surface area contributed by atoms with Crippen molar-refractivity contribution >= 4 is 0 Å². The molecule has 0 heterocycles. The number of unbranched alkanes of at least 4 members (excludes halogenated alkanes) is 2. The molecule has 0 fully saturated rings. The lowest BCUT2D eigenvalue weighted by Crippen LogP contribution is -2.36. The first-order valence-electron chi connectivity index (χ1n) is 6.61. The standard InChI is InChI=1S/C15H24FNO/c1-15(2,3)17-11-5-4-6-12-18-14-9-7-13(16)8-10-14/h7-10,17H,4-6,11-12H2,1-3H3. The van der Waals surface area contributed by atoms with Gasteiger partial charge >= 0.3 is 0 Å². The van der Waals surface area contributed by atoms with Crippen LogP contribution < -0.4 is 10.1 Å². The van der Waals surface area contributed by atoms with E-state index in [9.17, 15) is 4.39 Å². The molecule has 0 aliphatic heterocycles. The molecule has 0 spiro atoms. The summed E-state index contributed by atoms with van der Waals surface area (Å²) in [6.07, 6.45) is 3.33. The third kappa shape index (κ3) is 7.28. The summed E-state index contributed by atoms with van der Waals surface area (Å²) in [5, 5.41) is 3.45. The molecule has 0 radical (unpaired) electrons. The van der Waals surface area contributed by atoms with Crippen LogP contribution in [0.25, 0.3) is 0 Å². The van der Waals surface area contributed by atoms with E-state index in [4.69, 9.17) is 4.74 Å². The van der Waals surface area contributed by atoms with Gasteiger partial charge in [0.05, 0.1) is 6.61 Å². The van der Waals surface area contributed by atoms with E-state index in [0.29, 0.717) is 6.61 Å². The summed E-state index contributed by atoms with van der Waals surface area (Å²) < 4.78 is 18.2. The molecule has 0 saturated heterocycles. The predicted molar refractivity (Wildman–Crippen MR) is 73.5 cm³/mol. The Kier molecular flexibility index (Phi) is 6.13. The molecule has 0 aliphatic carbocycles. The van der Waals surface area contributed by atoms with Gasteiger partial charge in [0.2, 0.25) is 0 Å². The smallest absolute Gasteiger partial charge is 0.123 e. The highest BCUT2D eigenvalue weighted by Crippen LogP contribution is 2.11. The summed E-state index contributed by atoms with van der Waals surface area (Å²) in [6, 6.07) is 6.16. The molecule has 1 N–H and O–H groups in total. The zero-order chi connectivity index (χ0) is 13.4. The van der Waals surface area contributed by atoms with Gasteiger partial charge in [-0.2, -0.15) is 0 Å². The highest BCUT2D eigenvalue weighted by atomic mass is 19.1. The van der Waals surface area contributed by atoms with Crippen molar-refractivity contribution in [3.8, 4) is 5.75 Å². The number of hydrogen-bond donors (Lipinski definition) is 1. The lowest BCUT2D eigenvalue weighted by Gasteiger charge is -2.20. The molecule has 3 heteroatoms. The van der Waals surface area contributed by atoms with E-state index < -0.39 is 0 Å². The average molecular weight is 253 g/mol. The van der Waals surface area contributed by atoms with E-state index in [1.807, 2.05) is 0 Å². The van der Waals surface area contributed by atoms with Crippen molar-refractivity contribution in [2.45, 2.75) is 45.6 Å². The van der Waals surface area contributed by atoms with E-state index in [1.54, 1.807) is 12.1 Å². The Labute approximate surface area is 110 Å². The maximum atomic E-state index is 12.6. The van der Waals surface area contributed by atoms with Crippen LogP contribution in [0.1, 0.15) is 40.0 Å². The first-order valence-corrected chi connectivity index (χ1v) is 6.61. The minimum absolute atomic E-state index is 0.199. The number of hydrogen-bond acceptors (Lipinski definition) is 2. The zero-order valence-electron chi connectivity index (χ0n) is 11.6. The van der Waals surface area contributed by atoms with Crippen LogP contribution in [0.3, 0.4) is 0 Å². The highest BCUT2D eigenvalue weighted by molar-refractivity contribution is 5.21. The van der Waals surface area contributed by atoms with Gasteiger partial charge in [-0.25, -0.2) is 4.39 Å². The summed E-state index contributed by atoms with van der Waals surface area (Å²) in [4.78, 5) is 0. The van der Waals surface area contributed by atoms with E-state index in [-0.39, 0.29) is 11.4 Å². The quantitative estimate of drug-likeness (QED) is 0.747. The van der Waals surface area contributed by atoms with Crippen LogP contribution in [0.15, 0.2) is 24.3 Å². The topological polar surface area (TPSA) is 21.3 Å². The molecular formula is C15H24FNO. The lowest BCUT2D eigenvalue weighted by molar-refractivity contribution is 0.302. The van der Waals surface area contributed by atoms with Crippen molar-refractivity contribution < 1.29 is 9.13 Å².